The molecule has 2 atom stereocenters. The molecule has 24 heavy (non-hydrogen) atoms. The zero-order valence-electron chi connectivity index (χ0n) is 14.7. The van der Waals surface area contributed by atoms with E-state index in [1.807, 2.05) is 6.92 Å². The van der Waals surface area contributed by atoms with Crippen LogP contribution in [-0.2, 0) is 17.8 Å². The van der Waals surface area contributed by atoms with Crippen LogP contribution in [0.1, 0.15) is 44.2 Å². The van der Waals surface area contributed by atoms with Gasteiger partial charge in [-0.05, 0) is 30.9 Å². The number of nitrogens with two attached hydrogens (primary N) is 1. The number of nitrogens with zero attached hydrogens (tertiary/aromatic N) is 1. The van der Waals surface area contributed by atoms with Crippen molar-refractivity contribution in [1.29, 1.82) is 0 Å². The third-order valence-corrected chi connectivity index (χ3v) is 4.62. The van der Waals surface area contributed by atoms with Gasteiger partial charge in [0.1, 0.15) is 0 Å². The molecule has 1 amide bonds. The van der Waals surface area contributed by atoms with Gasteiger partial charge >= 0.3 is 0 Å². The maximum absolute atomic E-state index is 12.5. The molecule has 2 rings (SSSR count). The fourth-order valence-corrected chi connectivity index (χ4v) is 3.04. The van der Waals surface area contributed by atoms with E-state index in [-0.39, 0.29) is 42.8 Å². The Hall–Kier alpha value is -0.810. The summed E-state index contributed by atoms with van der Waals surface area (Å²) in [5, 5.41) is 3.12. The first-order valence-corrected chi connectivity index (χ1v) is 8.47. The van der Waals surface area contributed by atoms with Crippen LogP contribution in [0.2, 0.25) is 0 Å². The van der Waals surface area contributed by atoms with Gasteiger partial charge in [-0.3, -0.25) is 9.69 Å². The predicted molar refractivity (Wildman–Crippen MR) is 105 cm³/mol. The molecule has 0 aromatic heterocycles. The molecule has 1 aliphatic rings. The Balaban J connectivity index is 0.00000264. The van der Waals surface area contributed by atoms with E-state index in [1.165, 1.54) is 11.1 Å². The van der Waals surface area contributed by atoms with Crippen molar-refractivity contribution in [3.05, 3.63) is 35.4 Å². The fraction of sp³-hybridized carbons (Fsp3) is 0.611. The molecule has 1 heterocycles. The van der Waals surface area contributed by atoms with Gasteiger partial charge in [0.25, 0.3) is 0 Å². The number of unbranched alkanes of at least 4 members (excludes halogenated alkanes) is 1. The lowest BCUT2D eigenvalue weighted by atomic mass is 9.98. The molecule has 1 aromatic rings. The van der Waals surface area contributed by atoms with Crippen LogP contribution in [0.15, 0.2) is 24.3 Å². The quantitative estimate of drug-likeness (QED) is 0.769. The normalized spacial score (nSPS) is 16.1. The van der Waals surface area contributed by atoms with Gasteiger partial charge in [-0.2, -0.15) is 0 Å². The molecule has 0 radical (unpaired) electrons. The minimum Gasteiger partial charge on any atom is -0.351 e. The summed E-state index contributed by atoms with van der Waals surface area (Å²) in [4.78, 5) is 14.7. The number of nitrogens with one attached hydrogen (secondary N) is 1. The Kier molecular flexibility index (Phi) is 11.3. The minimum atomic E-state index is -0.107. The molecule has 138 valence electrons. The Morgan fingerprint density at radius 1 is 1.29 bits per heavy atom. The van der Waals surface area contributed by atoms with E-state index >= 15 is 0 Å². The largest absolute Gasteiger partial charge is 0.351 e. The predicted octanol–water partition coefficient (Wildman–Crippen LogP) is 2.91. The molecule has 6 heteroatoms. The first-order chi connectivity index (χ1) is 10.7. The zero-order valence-corrected chi connectivity index (χ0v) is 16.3. The second kappa shape index (κ2) is 11.7. The Labute approximate surface area is 158 Å². The zero-order chi connectivity index (χ0) is 15.9. The van der Waals surface area contributed by atoms with Crippen LogP contribution in [-0.4, -0.2) is 36.0 Å². The van der Waals surface area contributed by atoms with Gasteiger partial charge < -0.3 is 11.1 Å². The Bertz CT molecular complexity index is 499. The highest BCUT2D eigenvalue weighted by molar-refractivity contribution is 5.85. The van der Waals surface area contributed by atoms with Gasteiger partial charge in [0.2, 0.25) is 5.91 Å². The fourth-order valence-electron chi connectivity index (χ4n) is 3.04. The molecule has 0 aliphatic carbocycles. The molecule has 0 saturated heterocycles. The van der Waals surface area contributed by atoms with Gasteiger partial charge in [-0.15, -0.1) is 24.8 Å². The molecule has 1 aromatic carbocycles. The van der Waals surface area contributed by atoms with E-state index in [1.54, 1.807) is 0 Å². The molecular weight excluding hydrogens is 345 g/mol. The molecule has 1 aliphatic heterocycles. The van der Waals surface area contributed by atoms with Crippen molar-refractivity contribution in [2.45, 2.75) is 58.2 Å². The third kappa shape index (κ3) is 6.25. The van der Waals surface area contributed by atoms with Crippen LogP contribution < -0.4 is 11.1 Å². The number of amides is 1. The number of fused-ring (bicyclic) bond motifs is 1. The van der Waals surface area contributed by atoms with Crippen LogP contribution in [0.4, 0.5) is 0 Å². The molecule has 0 saturated carbocycles. The molecule has 0 spiro atoms. The number of carbonyl (C=O) groups is 1. The Morgan fingerprint density at radius 2 is 1.96 bits per heavy atom. The van der Waals surface area contributed by atoms with Crippen molar-refractivity contribution in [2.75, 3.05) is 13.1 Å². The second-order valence-corrected chi connectivity index (χ2v) is 6.25. The van der Waals surface area contributed by atoms with Gasteiger partial charge in [0, 0.05) is 25.7 Å². The lowest BCUT2D eigenvalue weighted by Gasteiger charge is -2.33. The first-order valence-electron chi connectivity index (χ1n) is 8.47. The van der Waals surface area contributed by atoms with E-state index < -0.39 is 0 Å². The average Bonchev–Trinajstić information content (AvgIpc) is 2.57. The molecule has 0 bridgehead atoms. The SMILES string of the molecule is CCCCC(CN)NC(=O)C(C)N1CCc2ccccc2C1.Cl.Cl. The average molecular weight is 376 g/mol. The van der Waals surface area contributed by atoms with E-state index in [4.69, 9.17) is 5.73 Å². The highest BCUT2D eigenvalue weighted by Gasteiger charge is 2.26. The van der Waals surface area contributed by atoms with Crippen LogP contribution in [0, 0.1) is 0 Å². The van der Waals surface area contributed by atoms with Crippen molar-refractivity contribution >= 4 is 30.7 Å². The van der Waals surface area contributed by atoms with Crippen molar-refractivity contribution in [3.8, 4) is 0 Å². The van der Waals surface area contributed by atoms with E-state index in [0.717, 1.165) is 38.8 Å². The topological polar surface area (TPSA) is 58.4 Å². The standard InChI is InChI=1S/C18H29N3O.2ClH/c1-3-4-9-17(12-19)20-18(22)14(2)21-11-10-15-7-5-6-8-16(15)13-21;;/h5-8,14,17H,3-4,9-13,19H2,1-2H3,(H,20,22);2*1H. The second-order valence-electron chi connectivity index (χ2n) is 6.25. The van der Waals surface area contributed by atoms with Gasteiger partial charge in [-0.25, -0.2) is 0 Å². The highest BCUT2D eigenvalue weighted by atomic mass is 35.5. The lowest BCUT2D eigenvalue weighted by Crippen LogP contribution is -2.51. The van der Waals surface area contributed by atoms with Gasteiger partial charge in [0.15, 0.2) is 0 Å². The summed E-state index contributed by atoms with van der Waals surface area (Å²) < 4.78 is 0. The van der Waals surface area contributed by atoms with E-state index in [0.29, 0.717) is 6.54 Å². The minimum absolute atomic E-state index is 0. The number of rotatable bonds is 7. The number of benzene rings is 1. The summed E-state index contributed by atoms with van der Waals surface area (Å²) >= 11 is 0. The van der Waals surface area contributed by atoms with Crippen LogP contribution in [0.5, 0.6) is 0 Å². The van der Waals surface area contributed by atoms with Crippen LogP contribution in [0.3, 0.4) is 0 Å². The number of hydrogen-bond donors (Lipinski definition) is 2. The summed E-state index contributed by atoms with van der Waals surface area (Å²) in [6.07, 6.45) is 4.22. The summed E-state index contributed by atoms with van der Waals surface area (Å²) in [6, 6.07) is 8.51. The maximum atomic E-state index is 12.5. The highest BCUT2D eigenvalue weighted by Crippen LogP contribution is 2.20. The monoisotopic (exact) mass is 375 g/mol. The number of hydrogen-bond acceptors (Lipinski definition) is 3. The van der Waals surface area contributed by atoms with Crippen LogP contribution in [0.25, 0.3) is 0 Å². The van der Waals surface area contributed by atoms with Crippen molar-refractivity contribution in [3.63, 3.8) is 0 Å². The molecular formula is C18H31Cl2N3O. The van der Waals surface area contributed by atoms with E-state index in [2.05, 4.69) is 41.4 Å². The third-order valence-electron chi connectivity index (χ3n) is 4.62. The summed E-state index contributed by atoms with van der Waals surface area (Å²) in [6.45, 7) is 6.46. The smallest absolute Gasteiger partial charge is 0.237 e. The van der Waals surface area contributed by atoms with Crippen LogP contribution >= 0.6 is 24.8 Å². The van der Waals surface area contributed by atoms with E-state index in [9.17, 15) is 4.79 Å². The molecule has 4 nitrogen and oxygen atoms in total. The summed E-state index contributed by atoms with van der Waals surface area (Å²) in [5.74, 6) is 0.103. The molecule has 2 unspecified atom stereocenters. The maximum Gasteiger partial charge on any atom is 0.237 e. The van der Waals surface area contributed by atoms with Gasteiger partial charge in [-0.1, -0.05) is 44.0 Å². The lowest BCUT2D eigenvalue weighted by molar-refractivity contribution is -0.127. The first kappa shape index (κ1) is 23.2. The van der Waals surface area contributed by atoms with Gasteiger partial charge in [0.05, 0.1) is 6.04 Å². The van der Waals surface area contributed by atoms with Crippen molar-refractivity contribution in [2.24, 2.45) is 5.73 Å². The van der Waals surface area contributed by atoms with Crippen molar-refractivity contribution in [1.82, 2.24) is 10.2 Å². The Morgan fingerprint density at radius 3 is 2.58 bits per heavy atom. The molecule has 0 fully saturated rings. The number of carbonyl (C=O) groups excluding carboxylic acids is 1. The number of halogens is 2. The summed E-state index contributed by atoms with van der Waals surface area (Å²) in [7, 11) is 0. The molecule has 3 N–H and O–H groups in total. The van der Waals surface area contributed by atoms with Crippen molar-refractivity contribution < 1.29 is 4.79 Å². The summed E-state index contributed by atoms with van der Waals surface area (Å²) in [5.41, 5.74) is 8.53.